The Morgan fingerprint density at radius 1 is 1.40 bits per heavy atom. The van der Waals surface area contributed by atoms with E-state index in [4.69, 9.17) is 11.6 Å². The van der Waals surface area contributed by atoms with Gasteiger partial charge in [0.1, 0.15) is 11.2 Å². The van der Waals surface area contributed by atoms with Crippen molar-refractivity contribution in [3.63, 3.8) is 0 Å². The van der Waals surface area contributed by atoms with Gasteiger partial charge >= 0.3 is 5.97 Å². The van der Waals surface area contributed by atoms with E-state index in [2.05, 4.69) is 5.32 Å². The molecule has 20 heavy (non-hydrogen) atoms. The molecule has 0 aliphatic heterocycles. The second kappa shape index (κ2) is 6.79. The molecule has 0 fully saturated rings. The zero-order valence-corrected chi connectivity index (χ0v) is 12.8. The summed E-state index contributed by atoms with van der Waals surface area (Å²) in [5.41, 5.74) is -0.875. The van der Waals surface area contributed by atoms with E-state index in [9.17, 15) is 14.7 Å². The third-order valence-electron chi connectivity index (χ3n) is 3.17. The van der Waals surface area contributed by atoms with E-state index in [0.29, 0.717) is 30.1 Å². The maximum Gasteiger partial charge on any atom is 0.329 e. The number of aromatic nitrogens is 1. The first-order valence-electron chi connectivity index (χ1n) is 6.75. The number of carboxylic acid groups (broad SMARTS) is 1. The number of nitrogens with zero attached hydrogens (tertiary/aromatic N) is 1. The Hall–Kier alpha value is -1.49. The molecule has 0 bridgehead atoms. The fourth-order valence-electron chi connectivity index (χ4n) is 2.13. The molecule has 0 aromatic carbocycles. The zero-order chi connectivity index (χ0) is 15.3. The number of amides is 1. The number of carbonyl (C=O) groups excluding carboxylic acids is 1. The Morgan fingerprint density at radius 3 is 2.55 bits per heavy atom. The summed E-state index contributed by atoms with van der Waals surface area (Å²) in [7, 11) is 0. The number of halogens is 1. The summed E-state index contributed by atoms with van der Waals surface area (Å²) in [4.78, 5) is 23.6. The van der Waals surface area contributed by atoms with Crippen molar-refractivity contribution in [3.8, 4) is 0 Å². The van der Waals surface area contributed by atoms with Crippen LogP contribution in [0.4, 0.5) is 0 Å². The van der Waals surface area contributed by atoms with Crippen LogP contribution in [0.3, 0.4) is 0 Å². The Morgan fingerprint density at radius 2 is 2.05 bits per heavy atom. The summed E-state index contributed by atoms with van der Waals surface area (Å²) in [6.07, 6.45) is 3.57. The van der Waals surface area contributed by atoms with Crippen molar-refractivity contribution in [1.29, 1.82) is 0 Å². The molecule has 1 rings (SSSR count). The predicted octanol–water partition coefficient (Wildman–Crippen LogP) is 2.92. The first-order valence-corrected chi connectivity index (χ1v) is 7.13. The molecular weight excluding hydrogens is 280 g/mol. The lowest BCUT2D eigenvalue weighted by atomic mass is 9.96. The standard InChI is InChI=1S/C14H21ClN2O3/c1-4-6-14(3,13(19)20)16-12(18)11-8-10(15)9-17(11)7-5-2/h8-9H,4-7H2,1-3H3,(H,16,18)(H,19,20). The summed E-state index contributed by atoms with van der Waals surface area (Å²) in [5, 5.41) is 12.4. The Balaban J connectivity index is 2.97. The van der Waals surface area contributed by atoms with Crippen LogP contribution >= 0.6 is 11.6 Å². The van der Waals surface area contributed by atoms with E-state index >= 15 is 0 Å². The molecule has 0 radical (unpaired) electrons. The quantitative estimate of drug-likeness (QED) is 0.813. The van der Waals surface area contributed by atoms with E-state index in [1.807, 2.05) is 13.8 Å². The largest absolute Gasteiger partial charge is 0.480 e. The van der Waals surface area contributed by atoms with Gasteiger partial charge in [0.25, 0.3) is 5.91 Å². The highest BCUT2D eigenvalue weighted by Crippen LogP contribution is 2.18. The van der Waals surface area contributed by atoms with Crippen LogP contribution in [-0.2, 0) is 11.3 Å². The van der Waals surface area contributed by atoms with Crippen LogP contribution < -0.4 is 5.32 Å². The van der Waals surface area contributed by atoms with Gasteiger partial charge in [0.2, 0.25) is 0 Å². The maximum atomic E-state index is 12.3. The lowest BCUT2D eigenvalue weighted by Gasteiger charge is -2.26. The van der Waals surface area contributed by atoms with E-state index in [0.717, 1.165) is 6.42 Å². The van der Waals surface area contributed by atoms with Crippen molar-refractivity contribution < 1.29 is 14.7 Å². The van der Waals surface area contributed by atoms with E-state index < -0.39 is 17.4 Å². The maximum absolute atomic E-state index is 12.3. The minimum Gasteiger partial charge on any atom is -0.480 e. The Bertz CT molecular complexity index is 499. The van der Waals surface area contributed by atoms with E-state index in [-0.39, 0.29) is 0 Å². The van der Waals surface area contributed by atoms with Gasteiger partial charge in [-0.1, -0.05) is 31.9 Å². The fraction of sp³-hybridized carbons (Fsp3) is 0.571. The van der Waals surface area contributed by atoms with Gasteiger partial charge in [0.15, 0.2) is 0 Å². The first-order chi connectivity index (χ1) is 9.34. The van der Waals surface area contributed by atoms with Crippen molar-refractivity contribution in [2.75, 3.05) is 0 Å². The van der Waals surface area contributed by atoms with Crippen molar-refractivity contribution in [2.24, 2.45) is 0 Å². The van der Waals surface area contributed by atoms with Crippen molar-refractivity contribution in [1.82, 2.24) is 9.88 Å². The van der Waals surface area contributed by atoms with Crippen molar-refractivity contribution in [3.05, 3.63) is 23.0 Å². The average molecular weight is 301 g/mol. The molecule has 1 heterocycles. The molecule has 112 valence electrons. The number of carbonyl (C=O) groups is 2. The van der Waals surface area contributed by atoms with Gasteiger partial charge in [-0.15, -0.1) is 0 Å². The molecule has 6 heteroatoms. The molecule has 0 spiro atoms. The fourth-order valence-corrected chi connectivity index (χ4v) is 2.35. The summed E-state index contributed by atoms with van der Waals surface area (Å²) < 4.78 is 1.74. The van der Waals surface area contributed by atoms with Crippen LogP contribution in [0.15, 0.2) is 12.3 Å². The second-order valence-corrected chi connectivity index (χ2v) is 5.51. The summed E-state index contributed by atoms with van der Waals surface area (Å²) in [6.45, 7) is 6.05. The molecular formula is C14H21ClN2O3. The average Bonchev–Trinajstić information content (AvgIpc) is 2.71. The van der Waals surface area contributed by atoms with Crippen LogP contribution in [-0.4, -0.2) is 27.1 Å². The Kier molecular flexibility index (Phi) is 5.62. The van der Waals surface area contributed by atoms with Crippen molar-refractivity contribution in [2.45, 2.75) is 52.1 Å². The van der Waals surface area contributed by atoms with Gasteiger partial charge in [-0.05, 0) is 25.8 Å². The van der Waals surface area contributed by atoms with Crippen LogP contribution in [0.25, 0.3) is 0 Å². The van der Waals surface area contributed by atoms with Crippen molar-refractivity contribution >= 4 is 23.5 Å². The highest BCUT2D eigenvalue weighted by atomic mass is 35.5. The number of rotatable bonds is 7. The molecule has 5 nitrogen and oxygen atoms in total. The molecule has 0 saturated heterocycles. The van der Waals surface area contributed by atoms with E-state index in [1.54, 1.807) is 16.8 Å². The first kappa shape index (κ1) is 16.6. The van der Waals surface area contributed by atoms with Gasteiger partial charge in [-0.2, -0.15) is 0 Å². The molecule has 0 aliphatic carbocycles. The van der Waals surface area contributed by atoms with Gasteiger partial charge < -0.3 is 15.0 Å². The lowest BCUT2D eigenvalue weighted by molar-refractivity contribution is -0.144. The van der Waals surface area contributed by atoms with Crippen LogP contribution in [0, 0.1) is 0 Å². The molecule has 1 aromatic heterocycles. The second-order valence-electron chi connectivity index (χ2n) is 5.08. The molecule has 1 atom stereocenters. The predicted molar refractivity (Wildman–Crippen MR) is 78.1 cm³/mol. The van der Waals surface area contributed by atoms with Crippen LogP contribution in [0.2, 0.25) is 5.02 Å². The topological polar surface area (TPSA) is 71.3 Å². The molecule has 0 aliphatic rings. The monoisotopic (exact) mass is 300 g/mol. The van der Waals surface area contributed by atoms with Crippen LogP contribution in [0.5, 0.6) is 0 Å². The normalized spacial score (nSPS) is 13.8. The SMILES string of the molecule is CCCn1cc(Cl)cc1C(=O)NC(C)(CCC)C(=O)O. The zero-order valence-electron chi connectivity index (χ0n) is 12.1. The third kappa shape index (κ3) is 3.76. The van der Waals surface area contributed by atoms with Gasteiger partial charge in [-0.3, -0.25) is 4.79 Å². The summed E-state index contributed by atoms with van der Waals surface area (Å²) in [5.74, 6) is -1.45. The minimum atomic E-state index is -1.26. The molecule has 1 unspecified atom stereocenters. The number of aryl methyl sites for hydroxylation is 1. The van der Waals surface area contributed by atoms with Crippen LogP contribution in [0.1, 0.15) is 50.5 Å². The number of hydrogen-bond donors (Lipinski definition) is 2. The number of nitrogens with one attached hydrogen (secondary N) is 1. The van der Waals surface area contributed by atoms with E-state index in [1.165, 1.54) is 6.92 Å². The number of hydrogen-bond acceptors (Lipinski definition) is 2. The number of aliphatic carboxylic acids is 1. The highest BCUT2D eigenvalue weighted by Gasteiger charge is 2.34. The summed E-state index contributed by atoms with van der Waals surface area (Å²) >= 11 is 5.92. The number of carboxylic acids is 1. The molecule has 1 aromatic rings. The van der Waals surface area contributed by atoms with Gasteiger partial charge in [0, 0.05) is 12.7 Å². The lowest BCUT2D eigenvalue weighted by Crippen LogP contribution is -2.52. The molecule has 0 saturated carbocycles. The highest BCUT2D eigenvalue weighted by molar-refractivity contribution is 6.31. The third-order valence-corrected chi connectivity index (χ3v) is 3.38. The van der Waals surface area contributed by atoms with Gasteiger partial charge in [-0.25, -0.2) is 4.79 Å². The molecule has 1 amide bonds. The summed E-state index contributed by atoms with van der Waals surface area (Å²) in [6, 6.07) is 1.56. The minimum absolute atomic E-state index is 0.371. The smallest absolute Gasteiger partial charge is 0.329 e. The Labute approximate surface area is 123 Å². The molecule has 2 N–H and O–H groups in total. The van der Waals surface area contributed by atoms with Gasteiger partial charge in [0.05, 0.1) is 5.02 Å².